The van der Waals surface area contributed by atoms with Gasteiger partial charge in [0.2, 0.25) is 0 Å². The van der Waals surface area contributed by atoms with Gasteiger partial charge in [0.1, 0.15) is 11.3 Å². The van der Waals surface area contributed by atoms with Crippen LogP contribution in [0.1, 0.15) is 15.9 Å². The van der Waals surface area contributed by atoms with Crippen molar-refractivity contribution in [2.75, 3.05) is 7.11 Å². The number of ether oxygens (including phenoxy) is 1. The van der Waals surface area contributed by atoms with E-state index in [1.165, 1.54) is 18.2 Å². The van der Waals surface area contributed by atoms with E-state index in [2.05, 4.69) is 5.32 Å². The van der Waals surface area contributed by atoms with Crippen molar-refractivity contribution in [3.05, 3.63) is 81.9 Å². The maximum Gasteiger partial charge on any atom is 0.282 e. The van der Waals surface area contributed by atoms with E-state index in [0.29, 0.717) is 0 Å². The van der Waals surface area contributed by atoms with Crippen molar-refractivity contribution in [1.82, 2.24) is 5.32 Å². The van der Waals surface area contributed by atoms with Crippen LogP contribution in [-0.4, -0.2) is 17.9 Å². The molecule has 0 radical (unpaired) electrons. The minimum atomic E-state index is -0.557. The molecule has 0 spiro atoms. The zero-order valence-electron chi connectivity index (χ0n) is 13.6. The Labute approximate surface area is 144 Å². The second kappa shape index (κ2) is 7.00. The van der Waals surface area contributed by atoms with E-state index in [9.17, 15) is 14.9 Å². The first kappa shape index (κ1) is 16.4. The molecular weight excluding hydrogens is 320 g/mol. The first-order chi connectivity index (χ1) is 12.1. The molecule has 0 heterocycles. The number of carbonyl (C=O) groups is 1. The summed E-state index contributed by atoms with van der Waals surface area (Å²) in [6.45, 7) is 0.285. The zero-order chi connectivity index (χ0) is 17.8. The SMILES string of the molecule is COc1ccc2cc(CNC(=O)c3ccccc3[N+](=O)[O-])ccc2c1. The number of methoxy groups -OCH3 is 1. The van der Waals surface area contributed by atoms with Gasteiger partial charge in [-0.05, 0) is 40.6 Å². The van der Waals surface area contributed by atoms with Gasteiger partial charge in [0, 0.05) is 12.6 Å². The average Bonchev–Trinajstić information content (AvgIpc) is 2.65. The topological polar surface area (TPSA) is 81.5 Å². The Morgan fingerprint density at radius 2 is 1.80 bits per heavy atom. The van der Waals surface area contributed by atoms with Crippen LogP contribution < -0.4 is 10.1 Å². The molecule has 3 aromatic carbocycles. The van der Waals surface area contributed by atoms with Crippen molar-refractivity contribution >= 4 is 22.4 Å². The van der Waals surface area contributed by atoms with Crippen LogP contribution in [-0.2, 0) is 6.54 Å². The number of carbonyl (C=O) groups excluding carboxylic acids is 1. The van der Waals surface area contributed by atoms with Crippen LogP contribution >= 0.6 is 0 Å². The summed E-state index contributed by atoms with van der Waals surface area (Å²) in [6.07, 6.45) is 0. The van der Waals surface area contributed by atoms with Crippen LogP contribution in [0.15, 0.2) is 60.7 Å². The number of nitrogens with one attached hydrogen (secondary N) is 1. The first-order valence-corrected chi connectivity index (χ1v) is 7.67. The van der Waals surface area contributed by atoms with E-state index in [4.69, 9.17) is 4.74 Å². The van der Waals surface area contributed by atoms with Crippen LogP contribution in [0.5, 0.6) is 5.75 Å². The fourth-order valence-electron chi connectivity index (χ4n) is 2.61. The first-order valence-electron chi connectivity index (χ1n) is 7.67. The maximum absolute atomic E-state index is 12.3. The Morgan fingerprint density at radius 1 is 1.08 bits per heavy atom. The molecule has 126 valence electrons. The van der Waals surface area contributed by atoms with Crippen molar-refractivity contribution in [2.24, 2.45) is 0 Å². The molecule has 0 aliphatic rings. The Hall–Kier alpha value is -3.41. The summed E-state index contributed by atoms with van der Waals surface area (Å²) in [5, 5.41) is 15.8. The fourth-order valence-corrected chi connectivity index (χ4v) is 2.61. The monoisotopic (exact) mass is 336 g/mol. The highest BCUT2D eigenvalue weighted by Gasteiger charge is 2.18. The minimum Gasteiger partial charge on any atom is -0.497 e. The van der Waals surface area contributed by atoms with Gasteiger partial charge < -0.3 is 10.1 Å². The molecule has 6 heteroatoms. The Balaban J connectivity index is 1.76. The molecule has 0 aliphatic carbocycles. The number of amides is 1. The third kappa shape index (κ3) is 3.58. The van der Waals surface area contributed by atoms with E-state index >= 15 is 0 Å². The molecule has 3 aromatic rings. The van der Waals surface area contributed by atoms with E-state index in [1.807, 2.05) is 36.4 Å². The molecule has 0 aromatic heterocycles. The predicted molar refractivity (Wildman–Crippen MR) is 94.8 cm³/mol. The van der Waals surface area contributed by atoms with E-state index in [0.717, 1.165) is 22.1 Å². The van der Waals surface area contributed by atoms with Crippen LogP contribution in [0.4, 0.5) is 5.69 Å². The highest BCUT2D eigenvalue weighted by atomic mass is 16.6. The van der Waals surface area contributed by atoms with Gasteiger partial charge in [-0.25, -0.2) is 0 Å². The van der Waals surface area contributed by atoms with Crippen molar-refractivity contribution in [1.29, 1.82) is 0 Å². The Morgan fingerprint density at radius 3 is 2.56 bits per heavy atom. The molecule has 3 rings (SSSR count). The quantitative estimate of drug-likeness (QED) is 0.569. The summed E-state index contributed by atoms with van der Waals surface area (Å²) in [6, 6.07) is 17.5. The molecular formula is C19H16N2O4. The Bertz CT molecular complexity index is 953. The van der Waals surface area contributed by atoms with Gasteiger partial charge in [-0.3, -0.25) is 14.9 Å². The van der Waals surface area contributed by atoms with E-state index < -0.39 is 10.8 Å². The van der Waals surface area contributed by atoms with Gasteiger partial charge >= 0.3 is 0 Å². The lowest BCUT2D eigenvalue weighted by Crippen LogP contribution is -2.23. The number of hydrogen-bond donors (Lipinski definition) is 1. The van der Waals surface area contributed by atoms with Gasteiger partial charge in [-0.15, -0.1) is 0 Å². The Kier molecular flexibility index (Phi) is 4.61. The number of hydrogen-bond acceptors (Lipinski definition) is 4. The summed E-state index contributed by atoms with van der Waals surface area (Å²) >= 11 is 0. The van der Waals surface area contributed by atoms with Crippen LogP contribution in [0.2, 0.25) is 0 Å². The summed E-state index contributed by atoms with van der Waals surface area (Å²) in [4.78, 5) is 22.7. The number of fused-ring (bicyclic) bond motifs is 1. The molecule has 0 saturated heterocycles. The van der Waals surface area contributed by atoms with Gasteiger partial charge in [0.25, 0.3) is 11.6 Å². The van der Waals surface area contributed by atoms with Gasteiger partial charge in [-0.2, -0.15) is 0 Å². The number of nitro benzene ring substituents is 1. The summed E-state index contributed by atoms with van der Waals surface area (Å²) in [7, 11) is 1.62. The highest BCUT2D eigenvalue weighted by Crippen LogP contribution is 2.22. The van der Waals surface area contributed by atoms with E-state index in [-0.39, 0.29) is 17.8 Å². The van der Waals surface area contributed by atoms with Crippen LogP contribution in [0.3, 0.4) is 0 Å². The van der Waals surface area contributed by atoms with Crippen molar-refractivity contribution in [3.63, 3.8) is 0 Å². The fraction of sp³-hybridized carbons (Fsp3) is 0.105. The van der Waals surface area contributed by atoms with Gasteiger partial charge in [0.15, 0.2) is 0 Å². The van der Waals surface area contributed by atoms with Crippen molar-refractivity contribution in [3.8, 4) is 5.75 Å². The predicted octanol–water partition coefficient (Wildman–Crippen LogP) is 3.69. The smallest absolute Gasteiger partial charge is 0.282 e. The van der Waals surface area contributed by atoms with Crippen molar-refractivity contribution in [2.45, 2.75) is 6.54 Å². The minimum absolute atomic E-state index is 0.0537. The largest absolute Gasteiger partial charge is 0.497 e. The average molecular weight is 336 g/mol. The third-order valence-corrected chi connectivity index (χ3v) is 3.91. The number of nitrogens with zero attached hydrogens (tertiary/aromatic N) is 1. The number of para-hydroxylation sites is 1. The molecule has 0 fully saturated rings. The lowest BCUT2D eigenvalue weighted by molar-refractivity contribution is -0.385. The molecule has 6 nitrogen and oxygen atoms in total. The normalized spacial score (nSPS) is 10.4. The second-order valence-corrected chi connectivity index (χ2v) is 5.50. The maximum atomic E-state index is 12.3. The summed E-state index contributed by atoms with van der Waals surface area (Å²) in [5.74, 6) is 0.312. The molecule has 0 bridgehead atoms. The van der Waals surface area contributed by atoms with E-state index in [1.54, 1.807) is 13.2 Å². The molecule has 0 saturated carbocycles. The number of benzene rings is 3. The molecule has 1 N–H and O–H groups in total. The van der Waals surface area contributed by atoms with Gasteiger partial charge in [-0.1, -0.05) is 30.3 Å². The molecule has 0 atom stereocenters. The second-order valence-electron chi connectivity index (χ2n) is 5.50. The highest BCUT2D eigenvalue weighted by molar-refractivity contribution is 5.98. The van der Waals surface area contributed by atoms with Crippen molar-refractivity contribution < 1.29 is 14.5 Å². The standard InChI is InChI=1S/C19H16N2O4/c1-25-16-9-8-14-10-13(6-7-15(14)11-16)12-20-19(22)17-4-2-3-5-18(17)21(23)24/h2-11H,12H2,1H3,(H,20,22). The molecule has 0 unspecified atom stereocenters. The van der Waals surface area contributed by atoms with Crippen LogP contribution in [0.25, 0.3) is 10.8 Å². The number of nitro groups is 1. The van der Waals surface area contributed by atoms with Crippen LogP contribution in [0, 0.1) is 10.1 Å². The van der Waals surface area contributed by atoms with Gasteiger partial charge in [0.05, 0.1) is 12.0 Å². The molecule has 25 heavy (non-hydrogen) atoms. The molecule has 1 amide bonds. The number of rotatable bonds is 5. The lowest BCUT2D eigenvalue weighted by Gasteiger charge is -2.08. The molecule has 0 aliphatic heterocycles. The summed E-state index contributed by atoms with van der Waals surface area (Å²) in [5.41, 5.74) is 0.758. The zero-order valence-corrected chi connectivity index (χ0v) is 13.6. The lowest BCUT2D eigenvalue weighted by atomic mass is 10.1. The third-order valence-electron chi connectivity index (χ3n) is 3.91. The summed E-state index contributed by atoms with van der Waals surface area (Å²) < 4.78 is 5.20.